The SMILES string of the molecule is CCCN(CCC)C(=S)[S-].CCCN(CCC)C(=S)[S-].[Co+2]. The van der Waals surface area contributed by atoms with Gasteiger partial charge in [0.2, 0.25) is 0 Å². The molecule has 0 bridgehead atoms. The van der Waals surface area contributed by atoms with Crippen molar-refractivity contribution in [2.24, 2.45) is 0 Å². The van der Waals surface area contributed by atoms with Crippen molar-refractivity contribution in [2.75, 3.05) is 26.2 Å². The summed E-state index contributed by atoms with van der Waals surface area (Å²) in [5.41, 5.74) is 0. The van der Waals surface area contributed by atoms with E-state index >= 15 is 0 Å². The van der Waals surface area contributed by atoms with Crippen LogP contribution in [0, 0.1) is 0 Å². The van der Waals surface area contributed by atoms with Crippen molar-refractivity contribution < 1.29 is 16.8 Å². The molecule has 0 aliphatic heterocycles. The van der Waals surface area contributed by atoms with Crippen LogP contribution in [-0.2, 0) is 42.0 Å². The van der Waals surface area contributed by atoms with E-state index in [1.54, 1.807) is 0 Å². The number of rotatable bonds is 8. The van der Waals surface area contributed by atoms with Crippen LogP contribution >= 0.6 is 24.4 Å². The molecular formula is C14H28CoN2S4. The Hall–Kier alpha value is 0.726. The molecule has 0 N–H and O–H groups in total. The molecule has 0 aromatic rings. The third-order valence-corrected chi connectivity index (χ3v) is 3.52. The Bertz CT molecular complexity index is 227. The molecule has 0 aromatic heterocycles. The van der Waals surface area contributed by atoms with Crippen LogP contribution in [0.15, 0.2) is 0 Å². The van der Waals surface area contributed by atoms with Crippen molar-refractivity contribution in [3.05, 3.63) is 0 Å². The molecule has 0 rings (SSSR count). The summed E-state index contributed by atoms with van der Waals surface area (Å²) in [6, 6.07) is 0. The summed E-state index contributed by atoms with van der Waals surface area (Å²) in [6.45, 7) is 12.6. The van der Waals surface area contributed by atoms with Gasteiger partial charge >= 0.3 is 16.8 Å². The minimum Gasteiger partial charge on any atom is -0.411 e. The molecule has 1 radical (unpaired) electrons. The van der Waals surface area contributed by atoms with Gasteiger partial charge in [0.15, 0.2) is 0 Å². The summed E-state index contributed by atoms with van der Waals surface area (Å²) in [6.07, 6.45) is 4.49. The first-order valence-electron chi connectivity index (χ1n) is 7.36. The van der Waals surface area contributed by atoms with Crippen LogP contribution in [0.5, 0.6) is 0 Å². The summed E-state index contributed by atoms with van der Waals surface area (Å²) in [4.78, 5) is 4.15. The van der Waals surface area contributed by atoms with Gasteiger partial charge in [0.25, 0.3) is 0 Å². The van der Waals surface area contributed by atoms with E-state index in [0.29, 0.717) is 8.64 Å². The van der Waals surface area contributed by atoms with Crippen LogP contribution in [0.4, 0.5) is 0 Å². The van der Waals surface area contributed by atoms with E-state index in [4.69, 9.17) is 49.7 Å². The van der Waals surface area contributed by atoms with E-state index in [0.717, 1.165) is 51.9 Å². The quantitative estimate of drug-likeness (QED) is 0.439. The maximum Gasteiger partial charge on any atom is 2.00 e. The standard InChI is InChI=1S/2C7H15NS2.Co/c2*1-3-5-8(6-4-2)7(9)10;/h2*3-6H2,1-2H3,(H,9,10);/q;;+2/p-2. The molecule has 127 valence electrons. The molecule has 0 heterocycles. The fourth-order valence-electron chi connectivity index (χ4n) is 1.67. The van der Waals surface area contributed by atoms with Gasteiger partial charge in [0, 0.05) is 26.2 Å². The first-order chi connectivity index (χ1) is 9.44. The van der Waals surface area contributed by atoms with Crippen LogP contribution < -0.4 is 0 Å². The molecule has 2 nitrogen and oxygen atoms in total. The van der Waals surface area contributed by atoms with Crippen LogP contribution in [0.3, 0.4) is 0 Å². The third kappa shape index (κ3) is 16.9. The molecule has 21 heavy (non-hydrogen) atoms. The van der Waals surface area contributed by atoms with Gasteiger partial charge in [-0.1, -0.05) is 36.3 Å². The topological polar surface area (TPSA) is 6.48 Å². The molecule has 0 aliphatic rings. The zero-order valence-corrected chi connectivity index (χ0v) is 17.8. The molecule has 0 saturated carbocycles. The molecule has 0 saturated heterocycles. The van der Waals surface area contributed by atoms with Crippen molar-refractivity contribution >= 4 is 58.3 Å². The average molecular weight is 412 g/mol. The monoisotopic (exact) mass is 411 g/mol. The Morgan fingerprint density at radius 1 is 0.667 bits per heavy atom. The second-order valence-electron chi connectivity index (χ2n) is 4.51. The van der Waals surface area contributed by atoms with E-state index in [2.05, 4.69) is 37.5 Å². The third-order valence-electron chi connectivity index (χ3n) is 2.49. The molecule has 0 amide bonds. The van der Waals surface area contributed by atoms with E-state index in [9.17, 15) is 0 Å². The van der Waals surface area contributed by atoms with E-state index in [1.165, 1.54) is 0 Å². The van der Waals surface area contributed by atoms with Gasteiger partial charge < -0.3 is 59.5 Å². The first kappa shape index (κ1) is 26.6. The Morgan fingerprint density at radius 3 is 0.952 bits per heavy atom. The fourth-order valence-corrected chi connectivity index (χ4v) is 2.40. The predicted molar refractivity (Wildman–Crippen MR) is 104 cm³/mol. The Labute approximate surface area is 163 Å². The van der Waals surface area contributed by atoms with Gasteiger partial charge in [-0.05, 0) is 25.7 Å². The first-order valence-corrected chi connectivity index (χ1v) is 8.99. The number of thiocarbonyl (C=S) groups is 2. The van der Waals surface area contributed by atoms with Crippen molar-refractivity contribution in [1.82, 2.24) is 9.80 Å². The Kier molecular flexibility index (Phi) is 23.8. The van der Waals surface area contributed by atoms with Crippen molar-refractivity contribution in [3.8, 4) is 0 Å². The van der Waals surface area contributed by atoms with Crippen molar-refractivity contribution in [2.45, 2.75) is 53.4 Å². The van der Waals surface area contributed by atoms with Crippen LogP contribution in [0.2, 0.25) is 0 Å². The smallest absolute Gasteiger partial charge is 0.411 e. The van der Waals surface area contributed by atoms with Gasteiger partial charge in [-0.25, -0.2) is 0 Å². The van der Waals surface area contributed by atoms with Crippen LogP contribution in [0.25, 0.3) is 0 Å². The fraction of sp³-hybridized carbons (Fsp3) is 0.857. The average Bonchev–Trinajstić information content (AvgIpc) is 2.38. The Balaban J connectivity index is -0.000000295. The van der Waals surface area contributed by atoms with E-state index in [-0.39, 0.29) is 16.8 Å². The zero-order valence-electron chi connectivity index (χ0n) is 13.5. The second-order valence-corrected chi connectivity index (χ2v) is 6.57. The predicted octanol–water partition coefficient (Wildman–Crippen LogP) is 3.88. The molecule has 0 spiro atoms. The van der Waals surface area contributed by atoms with Crippen molar-refractivity contribution in [3.63, 3.8) is 0 Å². The van der Waals surface area contributed by atoms with Crippen LogP contribution in [-0.4, -0.2) is 44.6 Å². The number of hydrogen-bond donors (Lipinski definition) is 0. The molecule has 0 aliphatic carbocycles. The summed E-state index contributed by atoms with van der Waals surface area (Å²) in [7, 11) is 0. The minimum atomic E-state index is 0. The zero-order chi connectivity index (χ0) is 16.0. The molecule has 7 heteroatoms. The molecule has 0 unspecified atom stereocenters. The van der Waals surface area contributed by atoms with E-state index < -0.39 is 0 Å². The number of hydrogen-bond acceptors (Lipinski definition) is 4. The molecule has 0 aromatic carbocycles. The second kappa shape index (κ2) is 18.8. The van der Waals surface area contributed by atoms with E-state index in [1.807, 2.05) is 0 Å². The minimum absolute atomic E-state index is 0. The van der Waals surface area contributed by atoms with Gasteiger partial charge in [-0.2, -0.15) is 0 Å². The largest absolute Gasteiger partial charge is 2.00 e. The maximum absolute atomic E-state index is 4.89. The van der Waals surface area contributed by atoms with Gasteiger partial charge in [-0.15, -0.1) is 0 Å². The van der Waals surface area contributed by atoms with Gasteiger partial charge in [0.05, 0.1) is 0 Å². The van der Waals surface area contributed by atoms with Crippen LogP contribution in [0.1, 0.15) is 53.4 Å². The van der Waals surface area contributed by atoms with Crippen molar-refractivity contribution in [1.29, 1.82) is 0 Å². The molecule has 0 fully saturated rings. The normalized spacial score (nSPS) is 8.95. The van der Waals surface area contributed by atoms with Gasteiger partial charge in [-0.3, -0.25) is 0 Å². The molecule has 0 atom stereocenters. The molecular weight excluding hydrogens is 383 g/mol. The Morgan fingerprint density at radius 2 is 0.857 bits per heavy atom. The van der Waals surface area contributed by atoms with Gasteiger partial charge in [0.1, 0.15) is 0 Å². The summed E-state index contributed by atoms with van der Waals surface area (Å²) >= 11 is 19.6. The summed E-state index contributed by atoms with van der Waals surface area (Å²) in [5, 5.41) is 0. The summed E-state index contributed by atoms with van der Waals surface area (Å²) < 4.78 is 1.23. The summed E-state index contributed by atoms with van der Waals surface area (Å²) in [5.74, 6) is 0. The number of nitrogens with zero attached hydrogens (tertiary/aromatic N) is 2. The maximum atomic E-state index is 4.89.